The number of aryl methyl sites for hydroxylation is 1. The smallest absolute Gasteiger partial charge is 0.258 e. The number of para-hydroxylation sites is 1. The van der Waals surface area contributed by atoms with Gasteiger partial charge in [0.05, 0.1) is 25.5 Å². The normalized spacial score (nSPS) is 14.8. The molecule has 1 aliphatic rings. The fourth-order valence-electron chi connectivity index (χ4n) is 4.77. The molecule has 0 saturated carbocycles. The van der Waals surface area contributed by atoms with Crippen molar-refractivity contribution in [1.29, 1.82) is 0 Å². The lowest BCUT2D eigenvalue weighted by atomic mass is 10.00. The molecule has 0 bridgehead atoms. The second kappa shape index (κ2) is 10.8. The van der Waals surface area contributed by atoms with Gasteiger partial charge in [0, 0.05) is 16.3 Å². The highest BCUT2D eigenvalue weighted by Gasteiger charge is 2.33. The Morgan fingerprint density at radius 1 is 1.05 bits per heavy atom. The maximum atomic E-state index is 13.6. The number of amides is 1. The molecule has 0 fully saturated rings. The van der Waals surface area contributed by atoms with Gasteiger partial charge in [0.15, 0.2) is 0 Å². The number of hydrogen-bond donors (Lipinski definition) is 1. The van der Waals surface area contributed by atoms with Gasteiger partial charge in [0.1, 0.15) is 30.0 Å². The molecule has 0 spiro atoms. The van der Waals surface area contributed by atoms with E-state index in [1.807, 2.05) is 73.7 Å². The molecule has 0 saturated heterocycles. The number of ether oxygens (including phenoxy) is 2. The fraction of sp³-hybridized carbons (Fsp3) is 0.258. The predicted octanol–water partition coefficient (Wildman–Crippen LogP) is 7.72. The zero-order valence-corrected chi connectivity index (χ0v) is 22.7. The second-order valence-corrected chi connectivity index (χ2v) is 10.2. The average Bonchev–Trinajstić information content (AvgIpc) is 3.43. The summed E-state index contributed by atoms with van der Waals surface area (Å²) in [5, 5.41) is 4.28. The van der Waals surface area contributed by atoms with Crippen LogP contribution in [0.2, 0.25) is 5.02 Å². The highest BCUT2D eigenvalue weighted by molar-refractivity contribution is 6.31. The number of carbonyl (C=O) groups is 1. The first-order chi connectivity index (χ1) is 18.4. The van der Waals surface area contributed by atoms with Gasteiger partial charge in [-0.1, -0.05) is 43.6 Å². The van der Waals surface area contributed by atoms with E-state index in [-0.39, 0.29) is 11.8 Å². The van der Waals surface area contributed by atoms with Gasteiger partial charge in [-0.15, -0.1) is 0 Å². The molecular weight excluding hydrogens is 500 g/mol. The van der Waals surface area contributed by atoms with Crippen molar-refractivity contribution in [2.45, 2.75) is 46.0 Å². The van der Waals surface area contributed by atoms with Gasteiger partial charge >= 0.3 is 0 Å². The van der Waals surface area contributed by atoms with Crippen LogP contribution < -0.4 is 14.8 Å². The Morgan fingerprint density at radius 3 is 2.61 bits per heavy atom. The summed E-state index contributed by atoms with van der Waals surface area (Å²) >= 11 is 6.39. The van der Waals surface area contributed by atoms with Crippen molar-refractivity contribution in [3.8, 4) is 11.5 Å². The van der Waals surface area contributed by atoms with E-state index in [0.29, 0.717) is 30.2 Å². The van der Waals surface area contributed by atoms with E-state index in [2.05, 4.69) is 19.2 Å². The number of rotatable bonds is 8. The molecule has 38 heavy (non-hydrogen) atoms. The van der Waals surface area contributed by atoms with E-state index >= 15 is 0 Å². The highest BCUT2D eigenvalue weighted by Crippen LogP contribution is 2.37. The first kappa shape index (κ1) is 25.7. The van der Waals surface area contributed by atoms with Crippen molar-refractivity contribution in [1.82, 2.24) is 4.90 Å². The number of nitrogens with one attached hydrogen (secondary N) is 1. The third-order valence-electron chi connectivity index (χ3n) is 6.84. The number of nitrogens with zero attached hydrogens (tertiary/aromatic N) is 1. The van der Waals surface area contributed by atoms with Crippen LogP contribution in [0.25, 0.3) is 0 Å². The van der Waals surface area contributed by atoms with E-state index in [1.165, 1.54) is 0 Å². The maximum Gasteiger partial charge on any atom is 0.258 e. The van der Waals surface area contributed by atoms with Crippen molar-refractivity contribution in [3.63, 3.8) is 0 Å². The van der Waals surface area contributed by atoms with Gasteiger partial charge in [-0.05, 0) is 78.1 Å². The lowest BCUT2D eigenvalue weighted by molar-refractivity contribution is 0.0651. The van der Waals surface area contributed by atoms with Gasteiger partial charge in [-0.3, -0.25) is 4.79 Å². The van der Waals surface area contributed by atoms with E-state index in [4.69, 9.17) is 25.5 Å². The first-order valence-electron chi connectivity index (χ1n) is 12.6. The van der Waals surface area contributed by atoms with Gasteiger partial charge < -0.3 is 24.1 Å². The number of methoxy groups -OCH3 is 1. The number of furan rings is 1. The molecule has 4 aromatic rings. The summed E-state index contributed by atoms with van der Waals surface area (Å²) in [5.74, 6) is 2.41. The summed E-state index contributed by atoms with van der Waals surface area (Å²) in [6.07, 6.45) is 1.21. The van der Waals surface area contributed by atoms with Crippen LogP contribution in [0.3, 0.4) is 0 Å². The zero-order chi connectivity index (χ0) is 26.8. The number of benzene rings is 3. The minimum absolute atomic E-state index is 0.0624. The number of carbonyl (C=O) groups excluding carboxylic acids is 1. The summed E-state index contributed by atoms with van der Waals surface area (Å²) in [5.41, 5.74) is 5.23. The Morgan fingerprint density at radius 2 is 1.87 bits per heavy atom. The molecule has 1 aromatic heterocycles. The van der Waals surface area contributed by atoms with Gasteiger partial charge in [0.25, 0.3) is 5.91 Å². The zero-order valence-electron chi connectivity index (χ0n) is 22.0. The Bertz CT molecular complexity index is 1450. The van der Waals surface area contributed by atoms with Crippen molar-refractivity contribution >= 4 is 23.2 Å². The number of fused-ring (bicyclic) bond motifs is 1. The molecule has 3 aromatic carbocycles. The Hall–Kier alpha value is -3.90. The van der Waals surface area contributed by atoms with E-state index in [1.54, 1.807) is 18.3 Å². The number of anilines is 1. The van der Waals surface area contributed by atoms with Crippen molar-refractivity contribution in [3.05, 3.63) is 112 Å². The van der Waals surface area contributed by atoms with Crippen molar-refractivity contribution < 1.29 is 18.7 Å². The molecule has 1 amide bonds. The lowest BCUT2D eigenvalue weighted by Gasteiger charge is -2.38. The average molecular weight is 531 g/mol. The van der Waals surface area contributed by atoms with Crippen LogP contribution in [-0.2, 0) is 13.2 Å². The molecule has 7 heteroatoms. The van der Waals surface area contributed by atoms with Crippen LogP contribution in [0.5, 0.6) is 11.5 Å². The maximum absolute atomic E-state index is 13.6. The quantitative estimate of drug-likeness (QED) is 0.252. The lowest BCUT2D eigenvalue weighted by Crippen LogP contribution is -2.42. The van der Waals surface area contributed by atoms with Gasteiger partial charge in [-0.2, -0.15) is 0 Å². The van der Waals surface area contributed by atoms with Crippen LogP contribution in [0, 0.1) is 6.92 Å². The molecule has 1 unspecified atom stereocenters. The fourth-order valence-corrected chi connectivity index (χ4v) is 4.95. The minimum Gasteiger partial charge on any atom is -0.496 e. The predicted molar refractivity (Wildman–Crippen MR) is 149 cm³/mol. The number of hydrogen-bond acceptors (Lipinski definition) is 5. The van der Waals surface area contributed by atoms with Crippen LogP contribution in [-0.4, -0.2) is 17.9 Å². The summed E-state index contributed by atoms with van der Waals surface area (Å²) in [4.78, 5) is 15.4. The van der Waals surface area contributed by atoms with Gasteiger partial charge in [0.2, 0.25) is 0 Å². The summed E-state index contributed by atoms with van der Waals surface area (Å²) < 4.78 is 17.6. The van der Waals surface area contributed by atoms with Crippen molar-refractivity contribution in [2.24, 2.45) is 0 Å². The standard InChI is InChI=1S/C31H31ClN2O4/c1-19(2)25-16-26(32)20(3)14-29(25)38-18-22-15-21(11-12-28(22)36-4)30-33-27-10-6-5-9-24(27)31(35)34(30)17-23-8-7-13-37-23/h5-16,19,30,33H,17-18H2,1-4H3. The third kappa shape index (κ3) is 5.09. The van der Waals surface area contributed by atoms with Crippen LogP contribution in [0.15, 0.2) is 77.4 Å². The topological polar surface area (TPSA) is 63.9 Å². The van der Waals surface area contributed by atoms with Crippen molar-refractivity contribution in [2.75, 3.05) is 12.4 Å². The van der Waals surface area contributed by atoms with Crippen LogP contribution in [0.1, 0.15) is 64.3 Å². The SMILES string of the molecule is COc1ccc(C2Nc3ccccc3C(=O)N2Cc2ccco2)cc1COc1cc(C)c(Cl)cc1C(C)C. The molecule has 1 atom stereocenters. The second-order valence-electron chi connectivity index (χ2n) is 9.76. The molecule has 1 N–H and O–H groups in total. The first-order valence-corrected chi connectivity index (χ1v) is 13.0. The van der Waals surface area contributed by atoms with Crippen LogP contribution in [0.4, 0.5) is 5.69 Å². The monoisotopic (exact) mass is 530 g/mol. The molecule has 5 rings (SSSR count). The molecule has 2 heterocycles. The van der Waals surface area contributed by atoms with E-state index in [9.17, 15) is 4.79 Å². The molecule has 6 nitrogen and oxygen atoms in total. The molecule has 196 valence electrons. The summed E-state index contributed by atoms with van der Waals surface area (Å²) in [6.45, 7) is 6.83. The highest BCUT2D eigenvalue weighted by atomic mass is 35.5. The van der Waals surface area contributed by atoms with Crippen LogP contribution >= 0.6 is 11.6 Å². The third-order valence-corrected chi connectivity index (χ3v) is 7.25. The minimum atomic E-state index is -0.406. The van der Waals surface area contributed by atoms with E-state index in [0.717, 1.165) is 38.7 Å². The molecular formula is C31H31ClN2O4. The Labute approximate surface area is 228 Å². The Balaban J connectivity index is 1.49. The summed E-state index contributed by atoms with van der Waals surface area (Å²) in [7, 11) is 1.65. The van der Waals surface area contributed by atoms with E-state index < -0.39 is 6.17 Å². The number of halogens is 1. The Kier molecular flexibility index (Phi) is 7.34. The largest absolute Gasteiger partial charge is 0.496 e. The summed E-state index contributed by atoms with van der Waals surface area (Å²) in [6, 6.07) is 21.1. The van der Waals surface area contributed by atoms with Gasteiger partial charge in [-0.25, -0.2) is 0 Å². The molecule has 0 radical (unpaired) electrons. The molecule has 1 aliphatic heterocycles. The molecule has 0 aliphatic carbocycles.